The van der Waals surface area contributed by atoms with Gasteiger partial charge in [0.2, 0.25) is 10.0 Å². The predicted octanol–water partition coefficient (Wildman–Crippen LogP) is 3.27. The molecule has 4 nitrogen and oxygen atoms in total. The van der Waals surface area contributed by atoms with E-state index in [0.29, 0.717) is 6.54 Å². The molecule has 6 heteroatoms. The molecule has 0 spiro atoms. The van der Waals surface area contributed by atoms with Crippen LogP contribution in [0.15, 0.2) is 23.1 Å². The van der Waals surface area contributed by atoms with Gasteiger partial charge < -0.3 is 5.73 Å². The highest BCUT2D eigenvalue weighted by molar-refractivity contribution is 7.89. The Morgan fingerprint density at radius 2 is 2.15 bits per heavy atom. The molecule has 1 unspecified atom stereocenters. The van der Waals surface area contributed by atoms with Gasteiger partial charge in [0.15, 0.2) is 0 Å². The quantitative estimate of drug-likeness (QED) is 0.867. The number of piperidine rings is 1. The molecule has 1 saturated heterocycles. The first-order valence-electron chi connectivity index (χ1n) is 7.04. The monoisotopic (exact) mass is 316 g/mol. The third kappa shape index (κ3) is 2.95. The lowest BCUT2D eigenvalue weighted by atomic mass is 10.0. The molecule has 1 aromatic carbocycles. The van der Waals surface area contributed by atoms with Crippen molar-refractivity contribution in [3.63, 3.8) is 0 Å². The fourth-order valence-corrected chi connectivity index (χ4v) is 5.19. The van der Waals surface area contributed by atoms with E-state index in [-0.39, 0.29) is 21.6 Å². The third-order valence-corrected chi connectivity index (χ3v) is 6.26. The van der Waals surface area contributed by atoms with Gasteiger partial charge in [-0.25, -0.2) is 8.42 Å². The van der Waals surface area contributed by atoms with Crippen molar-refractivity contribution in [2.45, 2.75) is 50.0 Å². The zero-order valence-corrected chi connectivity index (χ0v) is 13.3. The van der Waals surface area contributed by atoms with Gasteiger partial charge in [-0.1, -0.05) is 37.4 Å². The lowest BCUT2D eigenvalue weighted by Crippen LogP contribution is -2.43. The van der Waals surface area contributed by atoms with Gasteiger partial charge in [-0.3, -0.25) is 0 Å². The number of nitrogens with zero attached hydrogens (tertiary/aromatic N) is 1. The number of anilines is 1. The number of sulfonamides is 1. The van der Waals surface area contributed by atoms with Crippen molar-refractivity contribution in [1.29, 1.82) is 0 Å². The second-order valence-electron chi connectivity index (χ2n) is 5.21. The fourth-order valence-electron chi connectivity index (χ4n) is 2.83. The number of rotatable bonds is 4. The van der Waals surface area contributed by atoms with Crippen LogP contribution in [0.25, 0.3) is 0 Å². The number of hydrogen-bond acceptors (Lipinski definition) is 3. The molecule has 0 aromatic heterocycles. The minimum absolute atomic E-state index is 0.0599. The molecule has 112 valence electrons. The third-order valence-electron chi connectivity index (χ3n) is 3.76. The van der Waals surface area contributed by atoms with E-state index in [1.54, 1.807) is 22.5 Å². The molecule has 1 heterocycles. The Labute approximate surface area is 126 Å². The average Bonchev–Trinajstić information content (AvgIpc) is 2.39. The Balaban J connectivity index is 2.42. The first-order chi connectivity index (χ1) is 9.48. The van der Waals surface area contributed by atoms with E-state index in [2.05, 4.69) is 6.92 Å². The van der Waals surface area contributed by atoms with E-state index < -0.39 is 10.0 Å². The molecule has 0 amide bonds. The van der Waals surface area contributed by atoms with Crippen molar-refractivity contribution < 1.29 is 8.42 Å². The molecule has 1 aliphatic heterocycles. The van der Waals surface area contributed by atoms with E-state index in [1.807, 2.05) is 0 Å². The van der Waals surface area contributed by atoms with Gasteiger partial charge in [-0.05, 0) is 31.4 Å². The van der Waals surface area contributed by atoms with Gasteiger partial charge in [0.25, 0.3) is 0 Å². The van der Waals surface area contributed by atoms with Gasteiger partial charge in [0.1, 0.15) is 4.90 Å². The minimum Gasteiger partial charge on any atom is -0.398 e. The van der Waals surface area contributed by atoms with Crippen LogP contribution in [0.4, 0.5) is 5.69 Å². The predicted molar refractivity (Wildman–Crippen MR) is 82.3 cm³/mol. The minimum atomic E-state index is -3.62. The summed E-state index contributed by atoms with van der Waals surface area (Å²) in [5.74, 6) is 0. The zero-order chi connectivity index (χ0) is 14.8. The number of hydrogen-bond donors (Lipinski definition) is 1. The first-order valence-corrected chi connectivity index (χ1v) is 8.86. The van der Waals surface area contributed by atoms with Crippen molar-refractivity contribution in [2.24, 2.45) is 0 Å². The fraction of sp³-hybridized carbons (Fsp3) is 0.571. The smallest absolute Gasteiger partial charge is 0.246 e. The van der Waals surface area contributed by atoms with Gasteiger partial charge >= 0.3 is 0 Å². The maximum atomic E-state index is 12.9. The van der Waals surface area contributed by atoms with Crippen LogP contribution in [-0.2, 0) is 10.0 Å². The van der Waals surface area contributed by atoms with E-state index in [1.165, 1.54) is 0 Å². The van der Waals surface area contributed by atoms with Gasteiger partial charge in [0, 0.05) is 12.6 Å². The Hall–Kier alpha value is -0.780. The molecule has 0 aliphatic carbocycles. The first kappa shape index (κ1) is 15.6. The topological polar surface area (TPSA) is 63.4 Å². The summed E-state index contributed by atoms with van der Waals surface area (Å²) in [6.45, 7) is 2.63. The molecule has 1 atom stereocenters. The maximum Gasteiger partial charge on any atom is 0.246 e. The van der Waals surface area contributed by atoms with Crippen LogP contribution >= 0.6 is 11.6 Å². The summed E-state index contributed by atoms with van der Waals surface area (Å²) in [5, 5.41) is 0.200. The van der Waals surface area contributed by atoms with Crippen LogP contribution in [0.1, 0.15) is 39.0 Å². The van der Waals surface area contributed by atoms with Crippen molar-refractivity contribution in [2.75, 3.05) is 12.3 Å². The Morgan fingerprint density at radius 3 is 2.80 bits per heavy atom. The van der Waals surface area contributed by atoms with Crippen LogP contribution in [0, 0.1) is 0 Å². The lowest BCUT2D eigenvalue weighted by molar-refractivity contribution is 0.239. The number of nitrogen functional groups attached to an aromatic ring is 1. The lowest BCUT2D eigenvalue weighted by Gasteiger charge is -2.35. The standard InChI is InChI=1S/C14H21ClN2O2S/c1-2-6-11-7-3-4-10-17(11)20(18,19)14-12(15)8-5-9-13(14)16/h5,8-9,11H,2-4,6-7,10,16H2,1H3. The summed E-state index contributed by atoms with van der Waals surface area (Å²) in [6, 6.07) is 4.88. The molecule has 0 saturated carbocycles. The second-order valence-corrected chi connectivity index (χ2v) is 7.45. The molecule has 2 N–H and O–H groups in total. The van der Waals surface area contributed by atoms with Crippen molar-refractivity contribution in [1.82, 2.24) is 4.31 Å². The van der Waals surface area contributed by atoms with Crippen LogP contribution in [-0.4, -0.2) is 25.3 Å². The summed E-state index contributed by atoms with van der Waals surface area (Å²) in [7, 11) is -3.62. The van der Waals surface area contributed by atoms with Gasteiger partial charge in [0.05, 0.1) is 10.7 Å². The SMILES string of the molecule is CCCC1CCCCN1S(=O)(=O)c1c(N)cccc1Cl. The van der Waals surface area contributed by atoms with Crippen LogP contribution in [0.2, 0.25) is 5.02 Å². The summed E-state index contributed by atoms with van der Waals surface area (Å²) >= 11 is 6.07. The molecule has 0 radical (unpaired) electrons. The summed E-state index contributed by atoms with van der Waals surface area (Å²) in [5.41, 5.74) is 6.06. The largest absolute Gasteiger partial charge is 0.398 e. The van der Waals surface area contributed by atoms with E-state index in [4.69, 9.17) is 17.3 Å². The Bertz CT molecular complexity index is 552. The summed E-state index contributed by atoms with van der Waals surface area (Å²) in [6.07, 6.45) is 4.73. The van der Waals surface area contributed by atoms with E-state index in [0.717, 1.165) is 32.1 Å². The van der Waals surface area contributed by atoms with E-state index >= 15 is 0 Å². The highest BCUT2D eigenvalue weighted by Gasteiger charge is 2.35. The molecule has 1 aliphatic rings. The molecular weight excluding hydrogens is 296 g/mol. The number of benzene rings is 1. The maximum absolute atomic E-state index is 12.9. The molecular formula is C14H21ClN2O2S. The zero-order valence-electron chi connectivity index (χ0n) is 11.7. The van der Waals surface area contributed by atoms with Crippen LogP contribution in [0.3, 0.4) is 0 Å². The Morgan fingerprint density at radius 1 is 1.40 bits per heavy atom. The number of halogens is 1. The molecule has 0 bridgehead atoms. The van der Waals surface area contributed by atoms with Crippen molar-refractivity contribution in [3.05, 3.63) is 23.2 Å². The number of nitrogens with two attached hydrogens (primary N) is 1. The Kier molecular flexibility index (Phi) is 4.94. The average molecular weight is 317 g/mol. The van der Waals surface area contributed by atoms with Crippen molar-refractivity contribution in [3.8, 4) is 0 Å². The van der Waals surface area contributed by atoms with Crippen LogP contribution < -0.4 is 5.73 Å². The molecule has 2 rings (SSSR count). The molecule has 1 aromatic rings. The highest BCUT2D eigenvalue weighted by atomic mass is 35.5. The molecule has 1 fully saturated rings. The van der Waals surface area contributed by atoms with Gasteiger partial charge in [-0.15, -0.1) is 0 Å². The summed E-state index contributed by atoms with van der Waals surface area (Å²) < 4.78 is 27.3. The van der Waals surface area contributed by atoms with E-state index in [9.17, 15) is 8.42 Å². The second kappa shape index (κ2) is 6.33. The molecule has 20 heavy (non-hydrogen) atoms. The van der Waals surface area contributed by atoms with Gasteiger partial charge in [-0.2, -0.15) is 4.31 Å². The van der Waals surface area contributed by atoms with Crippen molar-refractivity contribution >= 4 is 27.3 Å². The highest BCUT2D eigenvalue weighted by Crippen LogP contribution is 2.34. The van der Waals surface area contributed by atoms with Crippen LogP contribution in [0.5, 0.6) is 0 Å². The normalized spacial score (nSPS) is 21.0. The summed E-state index contributed by atoms with van der Waals surface area (Å²) in [4.78, 5) is 0.0599.